The molecule has 0 aliphatic carbocycles. The predicted molar refractivity (Wildman–Crippen MR) is 77.3 cm³/mol. The Morgan fingerprint density at radius 1 is 1.29 bits per heavy atom. The van der Waals surface area contributed by atoms with Crippen molar-refractivity contribution in [3.63, 3.8) is 0 Å². The number of nitrogens with zero attached hydrogens (tertiary/aromatic N) is 1. The number of phenolic OH excluding ortho intramolecular Hbond substituents is 1. The number of hydrogen-bond donors (Lipinski definition) is 3. The smallest absolute Gasteiger partial charge is 0.290 e. The molecule has 1 atom stereocenters. The van der Waals surface area contributed by atoms with E-state index in [1.54, 1.807) is 0 Å². The van der Waals surface area contributed by atoms with Gasteiger partial charge >= 0.3 is 0 Å². The van der Waals surface area contributed by atoms with Gasteiger partial charge in [-0.2, -0.15) is 0 Å². The third kappa shape index (κ3) is 3.57. The Labute approximate surface area is 131 Å². The van der Waals surface area contributed by atoms with Gasteiger partial charge in [-0.05, 0) is 12.1 Å². The summed E-state index contributed by atoms with van der Waals surface area (Å²) in [7, 11) is 0. The largest absolute Gasteiger partial charge is 0.506 e. The molecule has 118 valence electrons. The molecule has 0 spiro atoms. The van der Waals surface area contributed by atoms with E-state index in [1.165, 1.54) is 17.0 Å². The van der Waals surface area contributed by atoms with Crippen LogP contribution in [-0.2, 0) is 0 Å². The summed E-state index contributed by atoms with van der Waals surface area (Å²) in [6.45, 7) is 0.499. The van der Waals surface area contributed by atoms with E-state index in [4.69, 9.17) is 28.3 Å². The lowest BCUT2D eigenvalue weighted by Crippen LogP contribution is -2.51. The van der Waals surface area contributed by atoms with Crippen LogP contribution in [0.3, 0.4) is 0 Å². The first-order valence-corrected chi connectivity index (χ1v) is 7.24. The quantitative estimate of drug-likeness (QED) is 0.787. The van der Waals surface area contributed by atoms with Crippen LogP contribution in [0.2, 0.25) is 10.0 Å². The molecular weight excluding hydrogens is 325 g/mol. The third-order valence-electron chi connectivity index (χ3n) is 3.48. The highest BCUT2D eigenvalue weighted by atomic mass is 35.5. The molecule has 1 aromatic carbocycles. The van der Waals surface area contributed by atoms with Crippen LogP contribution in [0.4, 0.5) is 8.78 Å². The number of aliphatic hydroxyl groups excluding tert-OH is 1. The van der Waals surface area contributed by atoms with Crippen molar-refractivity contribution in [3.05, 3.63) is 27.7 Å². The number of alkyl halides is 2. The van der Waals surface area contributed by atoms with Gasteiger partial charge in [0.05, 0.1) is 5.02 Å². The predicted octanol–water partition coefficient (Wildman–Crippen LogP) is 2.27. The molecule has 0 radical (unpaired) electrons. The number of hydrogen-bond acceptors (Lipinski definition) is 4. The Bertz CT molecular complexity index is 511. The van der Waals surface area contributed by atoms with Gasteiger partial charge in [0.2, 0.25) is 0 Å². The van der Waals surface area contributed by atoms with E-state index < -0.39 is 24.3 Å². The second kappa shape index (κ2) is 6.62. The number of phenols is 1. The van der Waals surface area contributed by atoms with Crippen LogP contribution in [0.15, 0.2) is 12.1 Å². The lowest BCUT2D eigenvalue weighted by Gasteiger charge is -2.39. The lowest BCUT2D eigenvalue weighted by atomic mass is 9.97. The Morgan fingerprint density at radius 2 is 1.90 bits per heavy atom. The SMILES string of the molecule is OCC(F)(F)[C@H](c1cc(Cl)cc(Cl)c1O)N1CCNCC1. The van der Waals surface area contributed by atoms with Gasteiger partial charge < -0.3 is 15.5 Å². The summed E-state index contributed by atoms with van der Waals surface area (Å²) in [4.78, 5) is 1.51. The Hall–Kier alpha value is -0.660. The van der Waals surface area contributed by atoms with E-state index in [-0.39, 0.29) is 15.6 Å². The van der Waals surface area contributed by atoms with E-state index in [1.807, 2.05) is 0 Å². The monoisotopic (exact) mass is 340 g/mol. The van der Waals surface area contributed by atoms with Gasteiger partial charge in [0.25, 0.3) is 5.92 Å². The van der Waals surface area contributed by atoms with E-state index in [2.05, 4.69) is 5.32 Å². The van der Waals surface area contributed by atoms with Gasteiger partial charge in [-0.15, -0.1) is 0 Å². The highest BCUT2D eigenvalue weighted by Crippen LogP contribution is 2.43. The summed E-state index contributed by atoms with van der Waals surface area (Å²) < 4.78 is 28.4. The molecule has 8 heteroatoms. The minimum Gasteiger partial charge on any atom is -0.506 e. The van der Waals surface area contributed by atoms with Crippen LogP contribution in [0.1, 0.15) is 11.6 Å². The van der Waals surface area contributed by atoms with Crippen molar-refractivity contribution in [2.75, 3.05) is 32.8 Å². The van der Waals surface area contributed by atoms with E-state index >= 15 is 0 Å². The Morgan fingerprint density at radius 3 is 2.48 bits per heavy atom. The number of rotatable bonds is 4. The summed E-state index contributed by atoms with van der Waals surface area (Å²) in [6, 6.07) is 1.06. The summed E-state index contributed by atoms with van der Waals surface area (Å²) >= 11 is 11.7. The molecule has 1 aliphatic rings. The number of benzene rings is 1. The number of aliphatic hydroxyl groups is 1. The molecule has 21 heavy (non-hydrogen) atoms. The number of piperazine rings is 1. The fourth-order valence-electron chi connectivity index (χ4n) is 2.51. The fraction of sp³-hybridized carbons (Fsp3) is 0.538. The zero-order valence-corrected chi connectivity index (χ0v) is 12.6. The molecular formula is C13H16Cl2F2N2O2. The van der Waals surface area contributed by atoms with E-state index in [9.17, 15) is 13.9 Å². The number of nitrogens with one attached hydrogen (secondary N) is 1. The molecule has 1 aromatic rings. The standard InChI is InChI=1S/C13H16Cl2F2N2O2/c14-8-5-9(11(21)10(15)6-8)12(13(16,17)7-20)19-3-1-18-2-4-19/h5-6,12,18,20-21H,1-4,7H2/t12-/m0/s1. The van der Waals surface area contributed by atoms with E-state index in [0.717, 1.165) is 0 Å². The second-order valence-electron chi connectivity index (χ2n) is 4.93. The van der Waals surface area contributed by atoms with Crippen LogP contribution >= 0.6 is 23.2 Å². The maximum Gasteiger partial charge on any atom is 0.290 e. The minimum atomic E-state index is -3.43. The molecule has 4 nitrogen and oxygen atoms in total. The van der Waals surface area contributed by atoms with Gasteiger partial charge in [-0.3, -0.25) is 4.90 Å². The molecule has 1 fully saturated rings. The molecule has 0 amide bonds. The van der Waals surface area contributed by atoms with Crippen molar-refractivity contribution in [1.82, 2.24) is 10.2 Å². The number of aromatic hydroxyl groups is 1. The molecule has 0 aromatic heterocycles. The van der Waals surface area contributed by atoms with Crippen molar-refractivity contribution in [3.8, 4) is 5.75 Å². The van der Waals surface area contributed by atoms with Crippen molar-refractivity contribution in [2.45, 2.75) is 12.0 Å². The van der Waals surface area contributed by atoms with Crippen molar-refractivity contribution in [1.29, 1.82) is 0 Å². The van der Waals surface area contributed by atoms with E-state index in [0.29, 0.717) is 26.2 Å². The highest BCUT2D eigenvalue weighted by molar-refractivity contribution is 6.35. The molecule has 0 unspecified atom stereocenters. The van der Waals surface area contributed by atoms with Crippen LogP contribution in [0.5, 0.6) is 5.75 Å². The first kappa shape index (κ1) is 16.7. The van der Waals surface area contributed by atoms with Crippen molar-refractivity contribution < 1.29 is 19.0 Å². The minimum absolute atomic E-state index is 0.0755. The van der Waals surface area contributed by atoms with Crippen molar-refractivity contribution in [2.24, 2.45) is 0 Å². The molecule has 1 saturated heterocycles. The van der Waals surface area contributed by atoms with Crippen LogP contribution in [0, 0.1) is 0 Å². The summed E-state index contributed by atoms with van der Waals surface area (Å²) in [5, 5.41) is 22.2. The van der Waals surface area contributed by atoms with Gasteiger partial charge in [0.1, 0.15) is 18.4 Å². The fourth-order valence-corrected chi connectivity index (χ4v) is 3.02. The maximum absolute atomic E-state index is 14.2. The summed E-state index contributed by atoms with van der Waals surface area (Å²) in [6.07, 6.45) is 0. The lowest BCUT2D eigenvalue weighted by molar-refractivity contribution is -0.119. The van der Waals surface area contributed by atoms with Crippen LogP contribution < -0.4 is 5.32 Å². The molecule has 0 saturated carbocycles. The molecule has 0 bridgehead atoms. The Balaban J connectivity index is 2.49. The summed E-state index contributed by atoms with van der Waals surface area (Å²) in [5.41, 5.74) is -0.0755. The number of halogens is 4. The average molecular weight is 341 g/mol. The van der Waals surface area contributed by atoms with Gasteiger partial charge in [0.15, 0.2) is 0 Å². The van der Waals surface area contributed by atoms with Gasteiger partial charge in [0, 0.05) is 36.8 Å². The highest BCUT2D eigenvalue weighted by Gasteiger charge is 2.45. The first-order valence-electron chi connectivity index (χ1n) is 6.48. The molecule has 2 rings (SSSR count). The van der Waals surface area contributed by atoms with Crippen LogP contribution in [-0.4, -0.2) is 53.8 Å². The van der Waals surface area contributed by atoms with Crippen LogP contribution in [0.25, 0.3) is 0 Å². The molecule has 3 N–H and O–H groups in total. The second-order valence-corrected chi connectivity index (χ2v) is 5.78. The third-order valence-corrected chi connectivity index (χ3v) is 3.99. The van der Waals surface area contributed by atoms with Gasteiger partial charge in [-0.25, -0.2) is 8.78 Å². The van der Waals surface area contributed by atoms with Crippen molar-refractivity contribution >= 4 is 23.2 Å². The zero-order chi connectivity index (χ0) is 15.6. The normalized spacial score (nSPS) is 18.7. The Kier molecular flexibility index (Phi) is 5.27. The van der Waals surface area contributed by atoms with Gasteiger partial charge in [-0.1, -0.05) is 23.2 Å². The molecule has 1 heterocycles. The average Bonchev–Trinajstić information content (AvgIpc) is 2.45. The molecule has 1 aliphatic heterocycles. The maximum atomic E-state index is 14.2. The topological polar surface area (TPSA) is 55.7 Å². The zero-order valence-electron chi connectivity index (χ0n) is 11.1. The summed E-state index contributed by atoms with van der Waals surface area (Å²) in [5.74, 6) is -3.86. The first-order chi connectivity index (χ1) is 9.86.